The summed E-state index contributed by atoms with van der Waals surface area (Å²) in [4.78, 5) is 10.4. The van der Waals surface area contributed by atoms with Crippen molar-refractivity contribution in [1.82, 2.24) is 0 Å². The molecule has 0 heterocycles. The van der Waals surface area contributed by atoms with Crippen LogP contribution in [0.4, 0.5) is 0 Å². The third kappa shape index (κ3) is 3.36. The van der Waals surface area contributed by atoms with Crippen LogP contribution in [0.5, 0.6) is 0 Å². The van der Waals surface area contributed by atoms with Crippen LogP contribution in [-0.4, -0.2) is 20.9 Å². The van der Waals surface area contributed by atoms with E-state index in [1.165, 1.54) is 15.6 Å². The maximum absolute atomic E-state index is 10.4. The molecule has 0 amide bonds. The van der Waals surface area contributed by atoms with E-state index in [9.17, 15) is 9.90 Å². The maximum atomic E-state index is 10.4. The summed E-state index contributed by atoms with van der Waals surface area (Å²) in [5.74, 6) is 1.22. The average molecular weight is 270 g/mol. The summed E-state index contributed by atoms with van der Waals surface area (Å²) in [5.41, 5.74) is 3.67. The number of benzene rings is 1. The molecular formula is C12H15O2Se-. The topological polar surface area (TPSA) is 40.1 Å². The van der Waals surface area contributed by atoms with Crippen LogP contribution in [0.2, 0.25) is 5.82 Å². The van der Waals surface area contributed by atoms with Crippen molar-refractivity contribution in [2.75, 3.05) is 0 Å². The molecule has 82 valence electrons. The molecule has 0 aliphatic rings. The van der Waals surface area contributed by atoms with Gasteiger partial charge in [-0.1, -0.05) is 0 Å². The third-order valence-corrected chi connectivity index (χ3v) is 4.55. The Hall–Kier alpha value is -0.791. The number of aryl methyl sites for hydroxylation is 3. The Bertz CT molecular complexity index is 349. The van der Waals surface area contributed by atoms with Crippen molar-refractivity contribution in [1.29, 1.82) is 0 Å². The van der Waals surface area contributed by atoms with Gasteiger partial charge < -0.3 is 0 Å². The monoisotopic (exact) mass is 271 g/mol. The second-order valence-electron chi connectivity index (χ2n) is 3.63. The Morgan fingerprint density at radius 2 is 1.87 bits per heavy atom. The Kier molecular flexibility index (Phi) is 4.37. The van der Waals surface area contributed by atoms with Crippen molar-refractivity contribution >= 4 is 25.4 Å². The minimum absolute atomic E-state index is 0.107. The third-order valence-electron chi connectivity index (χ3n) is 2.34. The number of hydrogen-bond donors (Lipinski definition) is 0. The van der Waals surface area contributed by atoms with Gasteiger partial charge >= 0.3 is 96.6 Å². The van der Waals surface area contributed by atoms with Crippen LogP contribution in [0.15, 0.2) is 12.1 Å². The van der Waals surface area contributed by atoms with Gasteiger partial charge in [0.1, 0.15) is 0 Å². The molecule has 15 heavy (non-hydrogen) atoms. The van der Waals surface area contributed by atoms with Gasteiger partial charge in [0.2, 0.25) is 0 Å². The predicted molar refractivity (Wildman–Crippen MR) is 60.5 cm³/mol. The number of hydrogen-bond acceptors (Lipinski definition) is 2. The molecule has 0 atom stereocenters. The van der Waals surface area contributed by atoms with Gasteiger partial charge in [-0.15, -0.1) is 0 Å². The zero-order chi connectivity index (χ0) is 11.4. The van der Waals surface area contributed by atoms with Crippen molar-refractivity contribution < 1.29 is 9.90 Å². The number of carboxylic acids is 1. The first-order chi connectivity index (χ1) is 7.04. The summed E-state index contributed by atoms with van der Waals surface area (Å²) in [7, 11) is 0. The zero-order valence-electron chi connectivity index (χ0n) is 9.29. The Balaban J connectivity index is 2.88. The van der Waals surface area contributed by atoms with Crippen molar-refractivity contribution in [3.8, 4) is 0 Å². The fourth-order valence-electron chi connectivity index (χ4n) is 1.75. The van der Waals surface area contributed by atoms with Gasteiger partial charge in [-0.25, -0.2) is 0 Å². The van der Waals surface area contributed by atoms with E-state index in [4.69, 9.17) is 0 Å². The van der Waals surface area contributed by atoms with Crippen molar-refractivity contribution in [3.05, 3.63) is 28.8 Å². The molecule has 0 radical (unpaired) electrons. The van der Waals surface area contributed by atoms with Crippen LogP contribution in [0.1, 0.15) is 23.1 Å². The number of aliphatic carboxylic acids is 1. The molecule has 0 saturated heterocycles. The molecule has 0 bridgehead atoms. The van der Waals surface area contributed by atoms with Gasteiger partial charge in [-0.3, -0.25) is 0 Å². The molecule has 0 fully saturated rings. The second-order valence-corrected chi connectivity index (χ2v) is 5.35. The summed E-state index contributed by atoms with van der Waals surface area (Å²) in [6, 6.07) is 4.19. The number of carboxylic acid groups (broad SMARTS) is 1. The van der Waals surface area contributed by atoms with E-state index in [1.807, 2.05) is 0 Å². The van der Waals surface area contributed by atoms with Gasteiger partial charge in [0.05, 0.1) is 0 Å². The Morgan fingerprint density at radius 3 is 2.27 bits per heavy atom. The first-order valence-electron chi connectivity index (χ1n) is 4.88. The molecule has 0 aliphatic carbocycles. The van der Waals surface area contributed by atoms with E-state index in [0.29, 0.717) is 21.4 Å². The van der Waals surface area contributed by atoms with E-state index in [-0.39, 0.29) is 6.42 Å². The average Bonchev–Trinajstić information content (AvgIpc) is 2.14. The first kappa shape index (κ1) is 12.3. The molecule has 1 aromatic carbocycles. The molecule has 1 aromatic rings. The van der Waals surface area contributed by atoms with Crippen molar-refractivity contribution in [2.45, 2.75) is 32.5 Å². The molecule has 0 N–H and O–H groups in total. The van der Waals surface area contributed by atoms with Crippen LogP contribution >= 0.6 is 0 Å². The van der Waals surface area contributed by atoms with Crippen LogP contribution in [-0.2, 0) is 11.2 Å². The standard InChI is InChI=1S/C12H16O2Se/c1-8-6-10(4-5-11(13)14)7-9(2)12(8)15-3/h6-7H,4-5H2,1-3H3,(H,13,14)/p-1. The molecule has 0 aliphatic heterocycles. The van der Waals surface area contributed by atoms with Crippen LogP contribution < -0.4 is 9.57 Å². The molecule has 0 aromatic heterocycles. The quantitative estimate of drug-likeness (QED) is 0.741. The minimum atomic E-state index is -0.978. The summed E-state index contributed by atoms with van der Waals surface area (Å²) in [6.07, 6.45) is 0.677. The normalized spacial score (nSPS) is 10.3. The van der Waals surface area contributed by atoms with E-state index in [0.717, 1.165) is 5.56 Å². The van der Waals surface area contributed by atoms with Gasteiger partial charge in [0.15, 0.2) is 0 Å². The predicted octanol–water partition coefficient (Wildman–Crippen LogP) is 0.364. The van der Waals surface area contributed by atoms with Crippen LogP contribution in [0.3, 0.4) is 0 Å². The van der Waals surface area contributed by atoms with Gasteiger partial charge in [0, 0.05) is 0 Å². The number of rotatable bonds is 4. The van der Waals surface area contributed by atoms with E-state index >= 15 is 0 Å². The fraction of sp³-hybridized carbons (Fsp3) is 0.417. The number of carbonyl (C=O) groups excluding carboxylic acids is 1. The fourth-order valence-corrected chi connectivity index (χ4v) is 3.35. The molecule has 0 saturated carbocycles. The zero-order valence-corrected chi connectivity index (χ0v) is 11.0. The van der Waals surface area contributed by atoms with E-state index in [1.54, 1.807) is 0 Å². The van der Waals surface area contributed by atoms with Gasteiger partial charge in [-0.05, 0) is 0 Å². The molecular weight excluding hydrogens is 255 g/mol. The molecule has 0 unspecified atom stereocenters. The van der Waals surface area contributed by atoms with E-state index < -0.39 is 5.97 Å². The first-order valence-corrected chi connectivity index (χ1v) is 7.45. The second kappa shape index (κ2) is 5.34. The molecule has 3 heteroatoms. The molecule has 2 nitrogen and oxygen atoms in total. The van der Waals surface area contributed by atoms with Gasteiger partial charge in [-0.2, -0.15) is 0 Å². The van der Waals surface area contributed by atoms with Crippen LogP contribution in [0, 0.1) is 13.8 Å². The van der Waals surface area contributed by atoms with E-state index in [2.05, 4.69) is 31.8 Å². The summed E-state index contributed by atoms with van der Waals surface area (Å²) < 4.78 is 1.43. The molecule has 0 spiro atoms. The summed E-state index contributed by atoms with van der Waals surface area (Å²) in [6.45, 7) is 4.19. The molecule has 1 rings (SSSR count). The summed E-state index contributed by atoms with van der Waals surface area (Å²) >= 11 is 0.501. The Morgan fingerprint density at radius 1 is 1.33 bits per heavy atom. The Labute approximate surface area is 96.9 Å². The van der Waals surface area contributed by atoms with Crippen molar-refractivity contribution in [2.24, 2.45) is 0 Å². The SMILES string of the molecule is C[Se]c1c(C)cc(CCC(=O)[O-])cc1C. The number of carbonyl (C=O) groups is 1. The van der Waals surface area contributed by atoms with Crippen LogP contribution in [0.25, 0.3) is 0 Å². The van der Waals surface area contributed by atoms with Crippen molar-refractivity contribution in [3.63, 3.8) is 0 Å². The summed E-state index contributed by atoms with van der Waals surface area (Å²) in [5, 5.41) is 10.4. The van der Waals surface area contributed by atoms with Gasteiger partial charge in [0.25, 0.3) is 0 Å².